The highest BCUT2D eigenvalue weighted by molar-refractivity contribution is 7.59. The molecule has 1 N–H and O–H groups in total. The van der Waals surface area contributed by atoms with Crippen LogP contribution in [0.4, 0.5) is 0 Å². The van der Waals surface area contributed by atoms with E-state index in [1.54, 1.807) is 0 Å². The van der Waals surface area contributed by atoms with Crippen LogP contribution in [0.3, 0.4) is 0 Å². The Bertz CT molecular complexity index is 364. The number of hydrogen-bond donors (Lipinski definition) is 1. The van der Waals surface area contributed by atoms with Crippen molar-refractivity contribution in [1.29, 1.82) is 0 Å². The Hall–Kier alpha value is 0.997. The molecule has 0 aromatic heterocycles. The SMILES string of the molecule is CC(C)P(CCN(CCP(C(C)C)C(C)C)[Si](C)(C)NC(C)(C)C)C(C)C. The largest absolute Gasteiger partial charge is 0.321 e. The maximum absolute atomic E-state index is 4.04. The highest BCUT2D eigenvalue weighted by Gasteiger charge is 2.34. The van der Waals surface area contributed by atoms with Crippen molar-refractivity contribution in [3.05, 3.63) is 0 Å². The normalized spacial score (nSPS) is 14.2. The monoisotopic (exact) mass is 434 g/mol. The summed E-state index contributed by atoms with van der Waals surface area (Å²) < 4.78 is 2.90. The van der Waals surface area contributed by atoms with Gasteiger partial charge in [0.15, 0.2) is 8.40 Å². The first-order valence-electron chi connectivity index (χ1n) is 11.1. The van der Waals surface area contributed by atoms with E-state index in [-0.39, 0.29) is 21.4 Å². The molecule has 0 aromatic rings. The molecule has 0 saturated heterocycles. The number of nitrogens with one attached hydrogen (secondary N) is 1. The van der Waals surface area contributed by atoms with Gasteiger partial charge in [-0.3, -0.25) is 0 Å². The molecule has 0 atom stereocenters. The van der Waals surface area contributed by atoms with Crippen molar-refractivity contribution >= 4 is 24.2 Å². The highest BCUT2D eigenvalue weighted by atomic mass is 31.1. The van der Waals surface area contributed by atoms with Gasteiger partial charge in [-0.2, -0.15) is 0 Å². The van der Waals surface area contributed by atoms with Crippen molar-refractivity contribution in [3.8, 4) is 0 Å². The van der Waals surface area contributed by atoms with E-state index < -0.39 is 8.40 Å². The van der Waals surface area contributed by atoms with Gasteiger partial charge < -0.3 is 9.55 Å². The summed E-state index contributed by atoms with van der Waals surface area (Å²) in [6.45, 7) is 34.1. The number of hydrogen-bond acceptors (Lipinski definition) is 2. The topological polar surface area (TPSA) is 15.3 Å². The molecule has 0 rings (SSSR count). The Labute approximate surface area is 176 Å². The lowest BCUT2D eigenvalue weighted by Crippen LogP contribution is -2.65. The summed E-state index contributed by atoms with van der Waals surface area (Å²) >= 11 is 0. The third-order valence-electron chi connectivity index (χ3n) is 5.38. The summed E-state index contributed by atoms with van der Waals surface area (Å²) in [4.78, 5) is 4.04. The van der Waals surface area contributed by atoms with Gasteiger partial charge in [-0.1, -0.05) is 55.4 Å². The van der Waals surface area contributed by atoms with Crippen molar-refractivity contribution in [2.24, 2.45) is 0 Å². The van der Waals surface area contributed by atoms with Crippen LogP contribution in [0.15, 0.2) is 0 Å². The average molecular weight is 435 g/mol. The first-order valence-corrected chi connectivity index (χ1v) is 17.4. The van der Waals surface area contributed by atoms with E-state index in [2.05, 4.69) is 98.8 Å². The molecular formula is C22H52N2P2Si. The van der Waals surface area contributed by atoms with Crippen LogP contribution in [0, 0.1) is 0 Å². The second-order valence-corrected chi connectivity index (χ2v) is 21.9. The van der Waals surface area contributed by atoms with E-state index >= 15 is 0 Å². The molecule has 27 heavy (non-hydrogen) atoms. The van der Waals surface area contributed by atoms with Crippen LogP contribution in [-0.4, -0.2) is 66.6 Å². The molecule has 164 valence electrons. The van der Waals surface area contributed by atoms with Gasteiger partial charge in [0.25, 0.3) is 0 Å². The molecule has 2 nitrogen and oxygen atoms in total. The maximum Gasteiger partial charge on any atom is 0.198 e. The minimum Gasteiger partial charge on any atom is -0.321 e. The van der Waals surface area contributed by atoms with Crippen molar-refractivity contribution in [2.45, 2.75) is 117 Å². The summed E-state index contributed by atoms with van der Waals surface area (Å²) in [7, 11) is -1.41. The molecule has 0 aliphatic heterocycles. The van der Waals surface area contributed by atoms with E-state index in [0.717, 1.165) is 22.6 Å². The van der Waals surface area contributed by atoms with Gasteiger partial charge in [0.05, 0.1) is 0 Å². The van der Waals surface area contributed by atoms with Crippen LogP contribution in [-0.2, 0) is 0 Å². The first-order chi connectivity index (χ1) is 12.1. The first kappa shape index (κ1) is 28.0. The van der Waals surface area contributed by atoms with Crippen LogP contribution in [0.5, 0.6) is 0 Å². The lowest BCUT2D eigenvalue weighted by molar-refractivity contribution is 0.418. The van der Waals surface area contributed by atoms with Gasteiger partial charge in [0.2, 0.25) is 0 Å². The number of rotatable bonds is 12. The third kappa shape index (κ3) is 11.1. The second-order valence-electron chi connectivity index (χ2n) is 10.8. The van der Waals surface area contributed by atoms with E-state index in [4.69, 9.17) is 0 Å². The lowest BCUT2D eigenvalue weighted by Gasteiger charge is -2.44. The quantitative estimate of drug-likeness (QED) is 0.263. The van der Waals surface area contributed by atoms with Gasteiger partial charge in [-0.15, -0.1) is 15.8 Å². The molecule has 0 radical (unpaired) electrons. The zero-order valence-corrected chi connectivity index (χ0v) is 23.8. The molecule has 0 aliphatic carbocycles. The summed E-state index contributed by atoms with van der Waals surface area (Å²) in [6.07, 6.45) is 2.79. The molecular weight excluding hydrogens is 382 g/mol. The van der Waals surface area contributed by atoms with E-state index in [0.29, 0.717) is 0 Å². The van der Waals surface area contributed by atoms with Crippen molar-refractivity contribution in [3.63, 3.8) is 0 Å². The van der Waals surface area contributed by atoms with Gasteiger partial charge >= 0.3 is 0 Å². The second kappa shape index (κ2) is 12.0. The fraction of sp³-hybridized carbons (Fsp3) is 1.00. The molecule has 0 aromatic carbocycles. The fourth-order valence-corrected chi connectivity index (χ4v) is 13.5. The Balaban J connectivity index is 5.31. The standard InChI is InChI=1S/C22H52N2P2Si/c1-18(2)25(19(3)4)16-14-24(27(12,13)23-22(9,10)11)15-17-26(20(5)6)21(7)8/h18-21,23H,14-17H2,1-13H3. The third-order valence-corrected chi connectivity index (χ3v) is 15.5. The van der Waals surface area contributed by atoms with Gasteiger partial charge in [0.1, 0.15) is 0 Å². The van der Waals surface area contributed by atoms with Crippen molar-refractivity contribution in [1.82, 2.24) is 9.55 Å². The summed E-state index contributed by atoms with van der Waals surface area (Å²) in [6, 6.07) is 0. The summed E-state index contributed by atoms with van der Waals surface area (Å²) in [5, 5.41) is 0. The van der Waals surface area contributed by atoms with Crippen LogP contribution >= 0.6 is 15.8 Å². The van der Waals surface area contributed by atoms with E-state index in [9.17, 15) is 0 Å². The van der Waals surface area contributed by atoms with E-state index in [1.165, 1.54) is 25.4 Å². The van der Waals surface area contributed by atoms with E-state index in [1.807, 2.05) is 0 Å². The fourth-order valence-electron chi connectivity index (χ4n) is 4.37. The van der Waals surface area contributed by atoms with Crippen LogP contribution in [0.1, 0.15) is 76.2 Å². The highest BCUT2D eigenvalue weighted by Crippen LogP contribution is 2.47. The molecule has 0 aliphatic rings. The Morgan fingerprint density at radius 2 is 1.00 bits per heavy atom. The molecule has 0 unspecified atom stereocenters. The molecule has 0 spiro atoms. The summed E-state index contributed by atoms with van der Waals surface area (Å²) in [5.41, 5.74) is 3.54. The van der Waals surface area contributed by atoms with Gasteiger partial charge in [-0.25, -0.2) is 0 Å². The van der Waals surface area contributed by atoms with Crippen LogP contribution < -0.4 is 4.98 Å². The zero-order chi connectivity index (χ0) is 21.6. The summed E-state index contributed by atoms with van der Waals surface area (Å²) in [5.74, 6) is 0. The van der Waals surface area contributed by atoms with Gasteiger partial charge in [-0.05, 0) is 81.9 Å². The predicted octanol–water partition coefficient (Wildman–Crippen LogP) is 6.98. The van der Waals surface area contributed by atoms with Crippen molar-refractivity contribution in [2.75, 3.05) is 25.4 Å². The Morgan fingerprint density at radius 3 is 1.22 bits per heavy atom. The van der Waals surface area contributed by atoms with Crippen LogP contribution in [0.25, 0.3) is 0 Å². The maximum atomic E-state index is 4.04. The minimum atomic E-state index is -1.64. The Morgan fingerprint density at radius 1 is 0.704 bits per heavy atom. The molecule has 0 saturated carbocycles. The van der Waals surface area contributed by atoms with Crippen LogP contribution in [0.2, 0.25) is 13.1 Å². The smallest absolute Gasteiger partial charge is 0.198 e. The molecule has 0 fully saturated rings. The minimum absolute atomic E-state index is 0.116. The molecule has 0 bridgehead atoms. The molecule has 0 heterocycles. The average Bonchev–Trinajstić information content (AvgIpc) is 2.41. The van der Waals surface area contributed by atoms with Gasteiger partial charge in [0, 0.05) is 5.54 Å². The van der Waals surface area contributed by atoms with Crippen molar-refractivity contribution < 1.29 is 0 Å². The Kier molecular flexibility index (Phi) is 12.4. The zero-order valence-electron chi connectivity index (χ0n) is 21.0. The lowest BCUT2D eigenvalue weighted by atomic mass is 10.1. The molecule has 5 heteroatoms. The molecule has 0 amide bonds. The predicted molar refractivity (Wildman–Crippen MR) is 136 cm³/mol. The number of nitrogens with zero attached hydrogens (tertiary/aromatic N) is 1.